The SMILES string of the molecule is CCCC(C(N)=S)N1CCN(CC2CCOC2)CC1. The van der Waals surface area contributed by atoms with E-state index in [0.29, 0.717) is 11.0 Å². The van der Waals surface area contributed by atoms with Crippen molar-refractivity contribution in [2.75, 3.05) is 45.9 Å². The van der Waals surface area contributed by atoms with Crippen LogP contribution in [0.1, 0.15) is 26.2 Å². The maximum absolute atomic E-state index is 5.88. The molecule has 5 heteroatoms. The Kier molecular flexibility index (Phi) is 6.01. The van der Waals surface area contributed by atoms with Crippen LogP contribution in [0.25, 0.3) is 0 Å². The first-order valence-corrected chi connectivity index (χ1v) is 7.95. The number of hydrogen-bond donors (Lipinski definition) is 1. The van der Waals surface area contributed by atoms with E-state index in [1.54, 1.807) is 0 Å². The fraction of sp³-hybridized carbons (Fsp3) is 0.929. The van der Waals surface area contributed by atoms with Gasteiger partial charge in [-0.25, -0.2) is 0 Å². The van der Waals surface area contributed by atoms with Crippen LogP contribution in [0.3, 0.4) is 0 Å². The van der Waals surface area contributed by atoms with Gasteiger partial charge in [-0.3, -0.25) is 4.90 Å². The van der Waals surface area contributed by atoms with E-state index in [1.165, 1.54) is 13.0 Å². The Morgan fingerprint density at radius 2 is 2.11 bits per heavy atom. The minimum atomic E-state index is 0.303. The van der Waals surface area contributed by atoms with Crippen LogP contribution in [0.15, 0.2) is 0 Å². The van der Waals surface area contributed by atoms with E-state index in [-0.39, 0.29) is 0 Å². The normalized spacial score (nSPS) is 27.5. The third kappa shape index (κ3) is 4.38. The van der Waals surface area contributed by atoms with Crippen molar-refractivity contribution in [1.82, 2.24) is 9.80 Å². The van der Waals surface area contributed by atoms with Crippen LogP contribution in [-0.2, 0) is 4.74 Å². The Morgan fingerprint density at radius 3 is 2.63 bits per heavy atom. The molecule has 110 valence electrons. The van der Waals surface area contributed by atoms with Gasteiger partial charge in [-0.1, -0.05) is 25.6 Å². The summed E-state index contributed by atoms with van der Waals surface area (Å²) in [5, 5.41) is 0. The molecule has 0 aliphatic carbocycles. The molecule has 0 aromatic heterocycles. The molecule has 2 aliphatic rings. The fourth-order valence-corrected chi connectivity index (χ4v) is 3.40. The molecule has 2 fully saturated rings. The molecule has 4 nitrogen and oxygen atoms in total. The highest BCUT2D eigenvalue weighted by Gasteiger charge is 2.27. The molecular weight excluding hydrogens is 258 g/mol. The maximum atomic E-state index is 5.88. The van der Waals surface area contributed by atoms with Gasteiger partial charge in [-0.05, 0) is 18.8 Å². The highest BCUT2D eigenvalue weighted by atomic mass is 32.1. The summed E-state index contributed by atoms with van der Waals surface area (Å²) in [6.07, 6.45) is 3.46. The lowest BCUT2D eigenvalue weighted by atomic mass is 10.1. The van der Waals surface area contributed by atoms with E-state index in [9.17, 15) is 0 Å². The molecule has 0 amide bonds. The predicted octanol–water partition coefficient (Wildman–Crippen LogP) is 1.10. The van der Waals surface area contributed by atoms with E-state index < -0.39 is 0 Å². The summed E-state index contributed by atoms with van der Waals surface area (Å²) in [7, 11) is 0. The van der Waals surface area contributed by atoms with Crippen LogP contribution in [0.2, 0.25) is 0 Å². The third-order valence-electron chi connectivity index (χ3n) is 4.28. The van der Waals surface area contributed by atoms with Gasteiger partial charge in [-0.15, -0.1) is 0 Å². The van der Waals surface area contributed by atoms with Gasteiger partial charge in [-0.2, -0.15) is 0 Å². The highest BCUT2D eigenvalue weighted by Crippen LogP contribution is 2.17. The van der Waals surface area contributed by atoms with Crippen LogP contribution < -0.4 is 5.73 Å². The van der Waals surface area contributed by atoms with E-state index in [1.807, 2.05) is 0 Å². The Morgan fingerprint density at radius 1 is 1.37 bits per heavy atom. The Labute approximate surface area is 122 Å². The molecule has 0 bridgehead atoms. The number of ether oxygens (including phenoxy) is 1. The molecule has 2 heterocycles. The van der Waals surface area contributed by atoms with E-state index in [0.717, 1.165) is 58.2 Å². The fourth-order valence-electron chi connectivity index (χ4n) is 3.13. The molecule has 0 radical (unpaired) electrons. The molecule has 0 saturated carbocycles. The van der Waals surface area contributed by atoms with E-state index in [2.05, 4.69) is 16.7 Å². The first kappa shape index (κ1) is 15.2. The monoisotopic (exact) mass is 285 g/mol. The number of piperazine rings is 1. The summed E-state index contributed by atoms with van der Waals surface area (Å²) in [6, 6.07) is 0.303. The van der Waals surface area contributed by atoms with Crippen molar-refractivity contribution in [3.8, 4) is 0 Å². The average molecular weight is 285 g/mol. The summed E-state index contributed by atoms with van der Waals surface area (Å²) in [5.41, 5.74) is 5.88. The minimum absolute atomic E-state index is 0.303. The Balaban J connectivity index is 1.75. The van der Waals surface area contributed by atoms with Gasteiger partial charge in [0.2, 0.25) is 0 Å². The molecule has 2 rings (SSSR count). The number of rotatable bonds is 6. The molecule has 2 N–H and O–H groups in total. The second kappa shape index (κ2) is 7.53. The zero-order valence-corrected chi connectivity index (χ0v) is 12.8. The maximum Gasteiger partial charge on any atom is 0.0902 e. The molecule has 0 spiro atoms. The van der Waals surface area contributed by atoms with Crippen LogP contribution in [-0.4, -0.2) is 66.8 Å². The second-order valence-corrected chi connectivity index (χ2v) is 6.24. The second-order valence-electron chi connectivity index (χ2n) is 5.77. The number of nitrogens with two attached hydrogens (primary N) is 1. The van der Waals surface area contributed by atoms with Gasteiger partial charge in [0, 0.05) is 39.3 Å². The Bertz CT molecular complexity index is 286. The van der Waals surface area contributed by atoms with Crippen molar-refractivity contribution in [3.05, 3.63) is 0 Å². The summed E-state index contributed by atoms with van der Waals surface area (Å²) >= 11 is 5.21. The van der Waals surface area contributed by atoms with Crippen molar-refractivity contribution in [3.63, 3.8) is 0 Å². The summed E-state index contributed by atoms with van der Waals surface area (Å²) < 4.78 is 5.45. The lowest BCUT2D eigenvalue weighted by Gasteiger charge is -2.39. The zero-order valence-electron chi connectivity index (χ0n) is 12.0. The Hall–Kier alpha value is -0.230. The standard InChI is InChI=1S/C14H27N3OS/c1-2-3-13(14(15)19)17-7-5-16(6-8-17)10-12-4-9-18-11-12/h12-13H,2-11H2,1H3,(H2,15,19). The van der Waals surface area contributed by atoms with Gasteiger partial charge in [0.15, 0.2) is 0 Å². The van der Waals surface area contributed by atoms with Crippen LogP contribution in [0, 0.1) is 5.92 Å². The summed E-state index contributed by atoms with van der Waals surface area (Å²) in [6.45, 7) is 9.75. The third-order valence-corrected chi connectivity index (χ3v) is 4.55. The molecule has 2 atom stereocenters. The van der Waals surface area contributed by atoms with E-state index in [4.69, 9.17) is 22.7 Å². The number of thiocarbonyl (C=S) groups is 1. The van der Waals surface area contributed by atoms with Gasteiger partial charge in [0.1, 0.15) is 0 Å². The van der Waals surface area contributed by atoms with Crippen LogP contribution in [0.5, 0.6) is 0 Å². The summed E-state index contributed by atoms with van der Waals surface area (Å²) in [5.74, 6) is 0.744. The quantitative estimate of drug-likeness (QED) is 0.740. The lowest BCUT2D eigenvalue weighted by Crippen LogP contribution is -2.54. The number of nitrogens with zero attached hydrogens (tertiary/aromatic N) is 2. The van der Waals surface area contributed by atoms with Crippen molar-refractivity contribution < 1.29 is 4.74 Å². The molecular formula is C14H27N3OS. The van der Waals surface area contributed by atoms with Gasteiger partial charge in [0.25, 0.3) is 0 Å². The van der Waals surface area contributed by atoms with Gasteiger partial charge in [0.05, 0.1) is 17.6 Å². The average Bonchev–Trinajstić information content (AvgIpc) is 2.90. The molecule has 2 saturated heterocycles. The van der Waals surface area contributed by atoms with Crippen LogP contribution in [0.4, 0.5) is 0 Å². The molecule has 19 heavy (non-hydrogen) atoms. The summed E-state index contributed by atoms with van der Waals surface area (Å²) in [4.78, 5) is 5.70. The van der Waals surface area contributed by atoms with Crippen molar-refractivity contribution in [1.29, 1.82) is 0 Å². The topological polar surface area (TPSA) is 41.7 Å². The lowest BCUT2D eigenvalue weighted by molar-refractivity contribution is 0.0976. The smallest absolute Gasteiger partial charge is 0.0902 e. The van der Waals surface area contributed by atoms with Gasteiger partial charge >= 0.3 is 0 Å². The molecule has 2 unspecified atom stereocenters. The van der Waals surface area contributed by atoms with Crippen molar-refractivity contribution >= 4 is 17.2 Å². The van der Waals surface area contributed by atoms with Gasteiger partial charge < -0.3 is 15.4 Å². The minimum Gasteiger partial charge on any atom is -0.392 e. The van der Waals surface area contributed by atoms with Crippen LogP contribution >= 0.6 is 12.2 Å². The first-order chi connectivity index (χ1) is 9.20. The zero-order chi connectivity index (χ0) is 13.7. The van der Waals surface area contributed by atoms with Crippen molar-refractivity contribution in [2.45, 2.75) is 32.2 Å². The predicted molar refractivity (Wildman–Crippen MR) is 82.4 cm³/mol. The molecule has 0 aromatic rings. The highest BCUT2D eigenvalue weighted by molar-refractivity contribution is 7.80. The van der Waals surface area contributed by atoms with Crippen molar-refractivity contribution in [2.24, 2.45) is 11.7 Å². The first-order valence-electron chi connectivity index (χ1n) is 7.54. The van der Waals surface area contributed by atoms with E-state index >= 15 is 0 Å². The largest absolute Gasteiger partial charge is 0.392 e. The molecule has 2 aliphatic heterocycles. The molecule has 0 aromatic carbocycles. The number of hydrogen-bond acceptors (Lipinski definition) is 4.